The minimum atomic E-state index is -0.0863. The number of ketones is 1. The highest BCUT2D eigenvalue weighted by molar-refractivity contribution is 6.32. The van der Waals surface area contributed by atoms with E-state index in [9.17, 15) is 4.79 Å². The molecule has 1 heterocycles. The third-order valence-corrected chi connectivity index (χ3v) is 3.84. The van der Waals surface area contributed by atoms with Gasteiger partial charge in [0.2, 0.25) is 0 Å². The van der Waals surface area contributed by atoms with Crippen LogP contribution >= 0.6 is 11.6 Å². The molecular weight excluding hydrogens is 274 g/mol. The van der Waals surface area contributed by atoms with Crippen molar-refractivity contribution in [2.24, 2.45) is 0 Å². The van der Waals surface area contributed by atoms with Crippen LogP contribution in [0, 0.1) is 0 Å². The van der Waals surface area contributed by atoms with Gasteiger partial charge >= 0.3 is 0 Å². The number of alkyl halides is 1. The average Bonchev–Trinajstić information content (AvgIpc) is 3.26. The van der Waals surface area contributed by atoms with Crippen LogP contribution in [0.3, 0.4) is 0 Å². The number of fused-ring (bicyclic) bond motifs is 1. The van der Waals surface area contributed by atoms with Gasteiger partial charge < -0.3 is 4.84 Å². The normalized spacial score (nSPS) is 14.4. The zero-order chi connectivity index (χ0) is 14.1. The first kappa shape index (κ1) is 13.3. The highest BCUT2D eigenvalue weighted by atomic mass is 35.5. The van der Waals surface area contributed by atoms with Gasteiger partial charge in [0.15, 0.2) is 5.78 Å². The molecule has 1 fully saturated rings. The van der Waals surface area contributed by atoms with E-state index in [0.717, 1.165) is 10.9 Å². The van der Waals surface area contributed by atoms with Crippen molar-refractivity contribution < 1.29 is 9.63 Å². The van der Waals surface area contributed by atoms with Crippen molar-refractivity contribution in [3.63, 3.8) is 0 Å². The molecule has 0 spiro atoms. The Morgan fingerprint density at radius 1 is 1.50 bits per heavy atom. The Kier molecular flexibility index (Phi) is 3.53. The zero-order valence-corrected chi connectivity index (χ0v) is 11.9. The number of benzene rings is 1. The van der Waals surface area contributed by atoms with Crippen LogP contribution in [0.25, 0.3) is 10.9 Å². The summed E-state index contributed by atoms with van der Waals surface area (Å²) < 4.78 is 1.66. The van der Waals surface area contributed by atoms with Crippen LogP contribution in [-0.4, -0.2) is 23.0 Å². The lowest BCUT2D eigenvalue weighted by Gasteiger charge is -2.06. The van der Waals surface area contributed by atoms with E-state index in [1.165, 1.54) is 18.4 Å². The standard InChI is InChI=1S/C16H16ClNO2/c1-2-7-20-18-10-14(16(19)9-17)13-6-5-12(8-15(13)18)11-3-4-11/h2,5-6,8,10-11H,1,3-4,7,9H2. The Morgan fingerprint density at radius 2 is 2.30 bits per heavy atom. The van der Waals surface area contributed by atoms with Gasteiger partial charge in [-0.1, -0.05) is 24.8 Å². The van der Waals surface area contributed by atoms with E-state index in [1.807, 2.05) is 6.07 Å². The molecule has 1 aliphatic rings. The molecule has 1 saturated carbocycles. The molecule has 1 aliphatic carbocycles. The van der Waals surface area contributed by atoms with E-state index in [-0.39, 0.29) is 11.7 Å². The van der Waals surface area contributed by atoms with Crippen molar-refractivity contribution in [1.29, 1.82) is 0 Å². The number of carbonyl (C=O) groups is 1. The smallest absolute Gasteiger partial charge is 0.179 e. The largest absolute Gasteiger partial charge is 0.410 e. The summed E-state index contributed by atoms with van der Waals surface area (Å²) in [5.74, 6) is 0.552. The van der Waals surface area contributed by atoms with Gasteiger partial charge in [-0.15, -0.1) is 11.6 Å². The van der Waals surface area contributed by atoms with Gasteiger partial charge in [0.25, 0.3) is 0 Å². The van der Waals surface area contributed by atoms with Gasteiger partial charge in [0, 0.05) is 10.9 Å². The van der Waals surface area contributed by atoms with Gasteiger partial charge in [-0.2, -0.15) is 4.73 Å². The van der Waals surface area contributed by atoms with E-state index >= 15 is 0 Å². The van der Waals surface area contributed by atoms with Crippen molar-refractivity contribution >= 4 is 28.3 Å². The van der Waals surface area contributed by atoms with Crippen LogP contribution in [0.4, 0.5) is 0 Å². The SMILES string of the molecule is C=CCOn1cc(C(=O)CCl)c2ccc(C3CC3)cc21. The van der Waals surface area contributed by atoms with Gasteiger partial charge in [0.1, 0.15) is 6.61 Å². The number of halogens is 1. The van der Waals surface area contributed by atoms with Gasteiger partial charge in [-0.05, 0) is 30.4 Å². The van der Waals surface area contributed by atoms with Crippen molar-refractivity contribution in [2.45, 2.75) is 18.8 Å². The minimum absolute atomic E-state index is 0.0229. The molecule has 1 aromatic carbocycles. The van der Waals surface area contributed by atoms with E-state index in [4.69, 9.17) is 16.4 Å². The second-order valence-corrected chi connectivity index (χ2v) is 5.33. The molecule has 0 atom stereocenters. The van der Waals surface area contributed by atoms with E-state index in [2.05, 4.69) is 18.7 Å². The summed E-state index contributed by atoms with van der Waals surface area (Å²) in [6.45, 7) is 4.04. The van der Waals surface area contributed by atoms with Crippen molar-refractivity contribution in [1.82, 2.24) is 4.73 Å². The molecule has 0 saturated heterocycles. The molecule has 3 nitrogen and oxygen atoms in total. The highest BCUT2D eigenvalue weighted by Crippen LogP contribution is 2.41. The molecule has 0 radical (unpaired) electrons. The first-order chi connectivity index (χ1) is 9.74. The minimum Gasteiger partial charge on any atom is -0.410 e. The molecule has 20 heavy (non-hydrogen) atoms. The summed E-state index contributed by atoms with van der Waals surface area (Å²) in [5, 5.41) is 0.893. The van der Waals surface area contributed by atoms with Gasteiger partial charge in [0.05, 0.1) is 17.6 Å². The van der Waals surface area contributed by atoms with E-state index < -0.39 is 0 Å². The number of Topliss-reactive ketones (excluding diaryl/α,β-unsaturated/α-hetero) is 1. The lowest BCUT2D eigenvalue weighted by molar-refractivity contribution is 0.101. The number of carbonyl (C=O) groups excluding carboxylic acids is 1. The molecule has 0 unspecified atom stereocenters. The molecule has 0 N–H and O–H groups in total. The fraction of sp³-hybridized carbons (Fsp3) is 0.312. The zero-order valence-electron chi connectivity index (χ0n) is 11.1. The van der Waals surface area contributed by atoms with Crippen LogP contribution in [0.5, 0.6) is 0 Å². The summed E-state index contributed by atoms with van der Waals surface area (Å²) in [6.07, 6.45) is 5.88. The van der Waals surface area contributed by atoms with Crippen LogP contribution < -0.4 is 4.84 Å². The highest BCUT2D eigenvalue weighted by Gasteiger charge is 2.25. The molecule has 0 aliphatic heterocycles. The molecular formula is C16H16ClNO2. The number of rotatable bonds is 6. The monoisotopic (exact) mass is 289 g/mol. The summed E-state index contributed by atoms with van der Waals surface area (Å²) in [7, 11) is 0. The topological polar surface area (TPSA) is 31.2 Å². The second kappa shape index (κ2) is 5.33. The predicted molar refractivity (Wildman–Crippen MR) is 80.6 cm³/mol. The van der Waals surface area contributed by atoms with Crippen molar-refractivity contribution in [2.75, 3.05) is 12.5 Å². The maximum Gasteiger partial charge on any atom is 0.179 e. The van der Waals surface area contributed by atoms with E-state index in [1.54, 1.807) is 17.0 Å². The Labute approximate surface area is 122 Å². The fourth-order valence-electron chi connectivity index (χ4n) is 2.42. The maximum absolute atomic E-state index is 11.9. The van der Waals surface area contributed by atoms with Crippen LogP contribution in [0.1, 0.15) is 34.7 Å². The molecule has 4 heteroatoms. The third-order valence-electron chi connectivity index (χ3n) is 3.60. The van der Waals surface area contributed by atoms with Gasteiger partial charge in [-0.25, -0.2) is 0 Å². The second-order valence-electron chi connectivity index (χ2n) is 5.06. The quantitative estimate of drug-likeness (QED) is 0.462. The van der Waals surface area contributed by atoms with Crippen LogP contribution in [-0.2, 0) is 0 Å². The Morgan fingerprint density at radius 3 is 2.95 bits per heavy atom. The number of aromatic nitrogens is 1. The lowest BCUT2D eigenvalue weighted by Crippen LogP contribution is -2.10. The predicted octanol–water partition coefficient (Wildman–Crippen LogP) is 3.55. The Bertz CT molecular complexity index is 670. The van der Waals surface area contributed by atoms with Crippen LogP contribution in [0.15, 0.2) is 37.1 Å². The maximum atomic E-state index is 11.9. The molecule has 0 bridgehead atoms. The molecule has 1 aromatic heterocycles. The summed E-state index contributed by atoms with van der Waals surface area (Å²) in [5.41, 5.74) is 2.84. The third kappa shape index (κ3) is 2.34. The fourth-order valence-corrected chi connectivity index (χ4v) is 2.56. The summed E-state index contributed by atoms with van der Waals surface area (Å²) in [4.78, 5) is 17.5. The van der Waals surface area contributed by atoms with Crippen molar-refractivity contribution in [3.8, 4) is 0 Å². The molecule has 104 valence electrons. The molecule has 2 aromatic rings. The number of hydrogen-bond acceptors (Lipinski definition) is 2. The van der Waals surface area contributed by atoms with Crippen molar-refractivity contribution in [3.05, 3.63) is 48.2 Å². The van der Waals surface area contributed by atoms with Crippen LogP contribution in [0.2, 0.25) is 0 Å². The lowest BCUT2D eigenvalue weighted by atomic mass is 10.1. The molecule has 3 rings (SSSR count). The van der Waals surface area contributed by atoms with E-state index in [0.29, 0.717) is 18.1 Å². The summed E-state index contributed by atoms with van der Waals surface area (Å²) in [6, 6.07) is 6.21. The Hall–Kier alpha value is -1.74. The first-order valence-corrected chi connectivity index (χ1v) is 7.26. The Balaban J connectivity index is 2.11. The summed E-state index contributed by atoms with van der Waals surface area (Å²) >= 11 is 5.68. The number of hydrogen-bond donors (Lipinski definition) is 0. The van der Waals surface area contributed by atoms with Gasteiger partial charge in [-0.3, -0.25) is 4.79 Å². The average molecular weight is 290 g/mol. The number of nitrogens with zero attached hydrogens (tertiary/aromatic N) is 1. The first-order valence-electron chi connectivity index (χ1n) is 6.73. The molecule has 0 amide bonds.